The number of hydrogen-bond acceptors (Lipinski definition) is 2. The lowest BCUT2D eigenvalue weighted by atomic mass is 10.1. The summed E-state index contributed by atoms with van der Waals surface area (Å²) in [7, 11) is 0. The van der Waals surface area contributed by atoms with Crippen LogP contribution in [0.15, 0.2) is 0 Å². The average molecular weight is 241 g/mol. The normalized spacial score (nSPS) is 19.9. The van der Waals surface area contributed by atoms with Crippen LogP contribution in [-0.4, -0.2) is 25.8 Å². The summed E-state index contributed by atoms with van der Waals surface area (Å²) in [5.74, 6) is 0. The van der Waals surface area contributed by atoms with E-state index in [0.29, 0.717) is 6.10 Å². The summed E-state index contributed by atoms with van der Waals surface area (Å²) in [6.07, 6.45) is 14.3. The molecule has 0 aliphatic carbocycles. The second-order valence-corrected chi connectivity index (χ2v) is 5.31. The van der Waals surface area contributed by atoms with Crippen LogP contribution in [-0.2, 0) is 4.74 Å². The minimum absolute atomic E-state index is 0.504. The Kier molecular flexibility index (Phi) is 9.72. The molecule has 1 rings (SSSR count). The Labute approximate surface area is 108 Å². The molecule has 0 aromatic heterocycles. The second kappa shape index (κ2) is 11.0. The summed E-state index contributed by atoms with van der Waals surface area (Å²) in [6.45, 7) is 5.50. The molecule has 2 heteroatoms. The molecule has 1 N–H and O–H groups in total. The van der Waals surface area contributed by atoms with E-state index in [1.807, 2.05) is 0 Å². The lowest BCUT2D eigenvalue weighted by Gasteiger charge is -2.10. The Morgan fingerprint density at radius 1 is 1.00 bits per heavy atom. The minimum Gasteiger partial charge on any atom is -0.377 e. The molecule has 1 saturated heterocycles. The van der Waals surface area contributed by atoms with Crippen LogP contribution in [0, 0.1) is 0 Å². The van der Waals surface area contributed by atoms with E-state index in [0.717, 1.165) is 13.2 Å². The van der Waals surface area contributed by atoms with Crippen LogP contribution in [0.1, 0.15) is 71.1 Å². The van der Waals surface area contributed by atoms with Gasteiger partial charge in [-0.15, -0.1) is 0 Å². The molecular formula is C15H31NO. The third-order valence-corrected chi connectivity index (χ3v) is 3.60. The first-order chi connectivity index (χ1) is 8.43. The Morgan fingerprint density at radius 3 is 2.35 bits per heavy atom. The lowest BCUT2D eigenvalue weighted by molar-refractivity contribution is 0.110. The van der Waals surface area contributed by atoms with Crippen molar-refractivity contribution in [1.29, 1.82) is 0 Å². The summed E-state index contributed by atoms with van der Waals surface area (Å²) in [6, 6.07) is 0. The predicted octanol–water partition coefficient (Wildman–Crippen LogP) is 3.90. The van der Waals surface area contributed by atoms with Crippen molar-refractivity contribution in [2.45, 2.75) is 77.2 Å². The first-order valence-electron chi connectivity index (χ1n) is 7.76. The topological polar surface area (TPSA) is 21.3 Å². The van der Waals surface area contributed by atoms with Gasteiger partial charge in [0.25, 0.3) is 0 Å². The fourth-order valence-corrected chi connectivity index (χ4v) is 2.45. The fourth-order valence-electron chi connectivity index (χ4n) is 2.45. The smallest absolute Gasteiger partial charge is 0.0700 e. The van der Waals surface area contributed by atoms with Gasteiger partial charge in [-0.05, 0) is 25.8 Å². The monoisotopic (exact) mass is 241 g/mol. The average Bonchev–Trinajstić information content (AvgIpc) is 2.85. The number of hydrogen-bond donors (Lipinski definition) is 1. The standard InChI is InChI=1S/C15H31NO/c1-2-3-4-5-6-7-8-9-12-16-14-15-11-10-13-17-15/h15-16H,2-14H2,1H3. The van der Waals surface area contributed by atoms with Crippen molar-refractivity contribution < 1.29 is 4.74 Å². The highest BCUT2D eigenvalue weighted by Gasteiger charge is 2.13. The quantitative estimate of drug-likeness (QED) is 0.554. The van der Waals surface area contributed by atoms with Crippen molar-refractivity contribution in [2.24, 2.45) is 0 Å². The van der Waals surface area contributed by atoms with Crippen molar-refractivity contribution in [2.75, 3.05) is 19.7 Å². The van der Waals surface area contributed by atoms with E-state index in [1.54, 1.807) is 0 Å². The molecule has 1 atom stereocenters. The van der Waals surface area contributed by atoms with Gasteiger partial charge in [-0.25, -0.2) is 0 Å². The maximum absolute atomic E-state index is 5.57. The molecule has 1 unspecified atom stereocenters. The van der Waals surface area contributed by atoms with Gasteiger partial charge in [0.2, 0.25) is 0 Å². The number of unbranched alkanes of at least 4 members (excludes halogenated alkanes) is 7. The number of nitrogens with one attached hydrogen (secondary N) is 1. The molecule has 0 bridgehead atoms. The Balaban J connectivity index is 1.69. The predicted molar refractivity (Wildman–Crippen MR) is 74.5 cm³/mol. The molecule has 1 heterocycles. The molecular weight excluding hydrogens is 210 g/mol. The van der Waals surface area contributed by atoms with Crippen LogP contribution < -0.4 is 5.32 Å². The van der Waals surface area contributed by atoms with E-state index in [-0.39, 0.29) is 0 Å². The van der Waals surface area contributed by atoms with Gasteiger partial charge in [0, 0.05) is 13.2 Å². The molecule has 0 spiro atoms. The molecule has 1 fully saturated rings. The van der Waals surface area contributed by atoms with Crippen molar-refractivity contribution in [3.8, 4) is 0 Å². The zero-order valence-electron chi connectivity index (χ0n) is 11.7. The maximum atomic E-state index is 5.57. The molecule has 17 heavy (non-hydrogen) atoms. The molecule has 0 aromatic rings. The van der Waals surface area contributed by atoms with Crippen LogP contribution >= 0.6 is 0 Å². The van der Waals surface area contributed by atoms with Gasteiger partial charge >= 0.3 is 0 Å². The fraction of sp³-hybridized carbons (Fsp3) is 1.00. The third kappa shape index (κ3) is 8.62. The largest absolute Gasteiger partial charge is 0.377 e. The van der Waals surface area contributed by atoms with Crippen LogP contribution in [0.4, 0.5) is 0 Å². The van der Waals surface area contributed by atoms with E-state index < -0.39 is 0 Å². The highest BCUT2D eigenvalue weighted by atomic mass is 16.5. The van der Waals surface area contributed by atoms with E-state index in [4.69, 9.17) is 4.74 Å². The second-order valence-electron chi connectivity index (χ2n) is 5.31. The van der Waals surface area contributed by atoms with Crippen LogP contribution in [0.3, 0.4) is 0 Å². The van der Waals surface area contributed by atoms with E-state index in [1.165, 1.54) is 70.8 Å². The van der Waals surface area contributed by atoms with Crippen LogP contribution in [0.25, 0.3) is 0 Å². The van der Waals surface area contributed by atoms with E-state index >= 15 is 0 Å². The summed E-state index contributed by atoms with van der Waals surface area (Å²) in [5.41, 5.74) is 0. The summed E-state index contributed by atoms with van der Waals surface area (Å²) < 4.78 is 5.57. The molecule has 1 aliphatic rings. The summed E-state index contributed by atoms with van der Waals surface area (Å²) in [4.78, 5) is 0. The Hall–Kier alpha value is -0.0800. The van der Waals surface area contributed by atoms with Gasteiger partial charge in [0.05, 0.1) is 6.10 Å². The van der Waals surface area contributed by atoms with Crippen molar-refractivity contribution in [1.82, 2.24) is 5.32 Å². The van der Waals surface area contributed by atoms with Crippen molar-refractivity contribution in [3.63, 3.8) is 0 Å². The number of ether oxygens (including phenoxy) is 1. The van der Waals surface area contributed by atoms with Crippen LogP contribution in [0.2, 0.25) is 0 Å². The number of rotatable bonds is 11. The van der Waals surface area contributed by atoms with Crippen LogP contribution in [0.5, 0.6) is 0 Å². The van der Waals surface area contributed by atoms with E-state index in [9.17, 15) is 0 Å². The van der Waals surface area contributed by atoms with Crippen molar-refractivity contribution in [3.05, 3.63) is 0 Å². The first kappa shape index (κ1) is 15.0. The minimum atomic E-state index is 0.504. The molecule has 0 aromatic carbocycles. The van der Waals surface area contributed by atoms with Crippen molar-refractivity contribution >= 4 is 0 Å². The SMILES string of the molecule is CCCCCCCCCCNCC1CCCO1. The third-order valence-electron chi connectivity index (χ3n) is 3.60. The van der Waals surface area contributed by atoms with Gasteiger partial charge in [0.1, 0.15) is 0 Å². The van der Waals surface area contributed by atoms with Gasteiger partial charge < -0.3 is 10.1 Å². The highest BCUT2D eigenvalue weighted by molar-refractivity contribution is 4.67. The molecule has 0 saturated carbocycles. The molecule has 0 radical (unpaired) electrons. The Bertz CT molecular complexity index is 155. The van der Waals surface area contributed by atoms with Gasteiger partial charge in [-0.1, -0.05) is 51.9 Å². The molecule has 102 valence electrons. The highest BCUT2D eigenvalue weighted by Crippen LogP contribution is 2.11. The van der Waals surface area contributed by atoms with Gasteiger partial charge in [-0.2, -0.15) is 0 Å². The van der Waals surface area contributed by atoms with E-state index in [2.05, 4.69) is 12.2 Å². The molecule has 0 amide bonds. The Morgan fingerprint density at radius 2 is 1.71 bits per heavy atom. The van der Waals surface area contributed by atoms with Gasteiger partial charge in [0.15, 0.2) is 0 Å². The zero-order chi connectivity index (χ0) is 12.2. The zero-order valence-corrected chi connectivity index (χ0v) is 11.7. The molecule has 1 aliphatic heterocycles. The molecule has 2 nitrogen and oxygen atoms in total. The lowest BCUT2D eigenvalue weighted by Crippen LogP contribution is -2.26. The first-order valence-corrected chi connectivity index (χ1v) is 7.76. The maximum Gasteiger partial charge on any atom is 0.0700 e. The van der Waals surface area contributed by atoms with Gasteiger partial charge in [-0.3, -0.25) is 0 Å². The summed E-state index contributed by atoms with van der Waals surface area (Å²) >= 11 is 0. The summed E-state index contributed by atoms with van der Waals surface area (Å²) in [5, 5.41) is 3.51.